The van der Waals surface area contributed by atoms with Crippen LogP contribution in [0, 0.1) is 0 Å². The molecule has 0 aliphatic rings. The molecule has 5 rings (SSSR count). The van der Waals surface area contributed by atoms with Crippen molar-refractivity contribution in [2.75, 3.05) is 7.11 Å². The van der Waals surface area contributed by atoms with Crippen LogP contribution in [0.1, 0.15) is 0 Å². The molecule has 148 valence electrons. The molecule has 0 atom stereocenters. The minimum Gasteiger partial charge on any atom is -0.507 e. The van der Waals surface area contributed by atoms with Gasteiger partial charge in [-0.2, -0.15) is 0 Å². The zero-order valence-corrected chi connectivity index (χ0v) is 17.5. The Balaban J connectivity index is 1.65. The van der Waals surface area contributed by atoms with Crippen LogP contribution in [0.5, 0.6) is 11.5 Å². The number of methoxy groups -OCH3 is 1. The van der Waals surface area contributed by atoms with Gasteiger partial charge in [0.25, 0.3) is 0 Å². The summed E-state index contributed by atoms with van der Waals surface area (Å²) in [6.45, 7) is 0. The van der Waals surface area contributed by atoms with Gasteiger partial charge in [0.15, 0.2) is 10.2 Å². The Bertz CT molecular complexity index is 1300. The Labute approximate surface area is 180 Å². The summed E-state index contributed by atoms with van der Waals surface area (Å²) in [5.41, 5.74) is 2.40. The average Bonchev–Trinajstić information content (AvgIpc) is 3.38. The molecule has 2 heterocycles. The number of thiazole rings is 1. The van der Waals surface area contributed by atoms with E-state index in [1.165, 1.54) is 11.8 Å². The van der Waals surface area contributed by atoms with Crippen molar-refractivity contribution < 1.29 is 9.84 Å². The quantitative estimate of drug-likeness (QED) is 0.400. The lowest BCUT2D eigenvalue weighted by atomic mass is 10.1. The van der Waals surface area contributed by atoms with Gasteiger partial charge in [0.2, 0.25) is 5.16 Å². The molecule has 3 aromatic carbocycles. The van der Waals surface area contributed by atoms with Crippen LogP contribution in [0.2, 0.25) is 0 Å². The minimum atomic E-state index is 0.108. The Morgan fingerprint density at radius 2 is 1.77 bits per heavy atom. The molecule has 6 nitrogen and oxygen atoms in total. The van der Waals surface area contributed by atoms with Crippen LogP contribution >= 0.6 is 23.1 Å². The molecule has 0 saturated carbocycles. The summed E-state index contributed by atoms with van der Waals surface area (Å²) in [6.07, 6.45) is 0. The molecule has 30 heavy (non-hydrogen) atoms. The second-order valence-electron chi connectivity index (χ2n) is 6.41. The molecule has 0 radical (unpaired) electrons. The zero-order valence-electron chi connectivity index (χ0n) is 15.9. The van der Waals surface area contributed by atoms with Gasteiger partial charge < -0.3 is 9.84 Å². The number of ether oxygens (including phenoxy) is 1. The van der Waals surface area contributed by atoms with E-state index in [2.05, 4.69) is 16.3 Å². The van der Waals surface area contributed by atoms with E-state index in [9.17, 15) is 5.11 Å². The second-order valence-corrected chi connectivity index (χ2v) is 8.65. The van der Waals surface area contributed by atoms with Gasteiger partial charge in [0.05, 0.1) is 22.9 Å². The number of fused-ring (bicyclic) bond motifs is 1. The fraction of sp³-hybridized carbons (Fsp3) is 0.0455. The number of aromatic nitrogens is 4. The highest BCUT2D eigenvalue weighted by atomic mass is 32.2. The van der Waals surface area contributed by atoms with E-state index in [1.54, 1.807) is 36.6 Å². The summed E-state index contributed by atoms with van der Waals surface area (Å²) in [4.78, 5) is 4.70. The lowest BCUT2D eigenvalue weighted by Crippen LogP contribution is -1.99. The van der Waals surface area contributed by atoms with Crippen molar-refractivity contribution in [2.45, 2.75) is 9.50 Å². The number of benzene rings is 3. The van der Waals surface area contributed by atoms with Gasteiger partial charge in [0, 0.05) is 5.69 Å². The van der Waals surface area contributed by atoms with Crippen LogP contribution in [0.15, 0.2) is 82.3 Å². The number of para-hydroxylation sites is 2. The van der Waals surface area contributed by atoms with Crippen molar-refractivity contribution in [1.29, 1.82) is 0 Å². The molecule has 0 fully saturated rings. The van der Waals surface area contributed by atoms with E-state index in [0.29, 0.717) is 22.3 Å². The van der Waals surface area contributed by atoms with Crippen LogP contribution in [-0.2, 0) is 0 Å². The SMILES string of the molecule is COc1ccc(O)c(-c2nnc(Sc3nc4ccccc4s3)n2-c2ccccc2)c1. The first-order chi connectivity index (χ1) is 14.7. The molecule has 8 heteroatoms. The van der Waals surface area contributed by atoms with Crippen LogP contribution in [-0.4, -0.2) is 32.0 Å². The van der Waals surface area contributed by atoms with E-state index < -0.39 is 0 Å². The first kappa shape index (κ1) is 18.7. The fourth-order valence-corrected chi connectivity index (χ4v) is 5.14. The molecule has 0 aliphatic heterocycles. The van der Waals surface area contributed by atoms with Crippen molar-refractivity contribution >= 4 is 33.3 Å². The summed E-state index contributed by atoms with van der Waals surface area (Å²) in [5.74, 6) is 1.27. The molecule has 0 bridgehead atoms. The summed E-state index contributed by atoms with van der Waals surface area (Å²) < 4.78 is 9.25. The van der Waals surface area contributed by atoms with Crippen molar-refractivity contribution in [3.8, 4) is 28.6 Å². The third-order valence-electron chi connectivity index (χ3n) is 4.55. The van der Waals surface area contributed by atoms with Crippen molar-refractivity contribution in [3.63, 3.8) is 0 Å². The molecule has 0 amide bonds. The lowest BCUT2D eigenvalue weighted by molar-refractivity contribution is 0.412. The van der Waals surface area contributed by atoms with Gasteiger partial charge in [-0.3, -0.25) is 4.57 Å². The van der Waals surface area contributed by atoms with Crippen molar-refractivity contribution in [2.24, 2.45) is 0 Å². The molecular formula is C22H16N4O2S2. The molecule has 2 aromatic heterocycles. The molecule has 0 spiro atoms. The number of rotatable bonds is 5. The van der Waals surface area contributed by atoms with Gasteiger partial charge in [-0.15, -0.1) is 21.5 Å². The van der Waals surface area contributed by atoms with Crippen LogP contribution < -0.4 is 4.74 Å². The summed E-state index contributed by atoms with van der Waals surface area (Å²) in [6, 6.07) is 22.9. The van der Waals surface area contributed by atoms with Gasteiger partial charge in [0.1, 0.15) is 11.5 Å². The summed E-state index contributed by atoms with van der Waals surface area (Å²) >= 11 is 3.06. The molecule has 1 N–H and O–H groups in total. The average molecular weight is 433 g/mol. The fourth-order valence-electron chi connectivity index (χ4n) is 3.11. The normalized spacial score (nSPS) is 11.1. The van der Waals surface area contributed by atoms with E-state index in [1.807, 2.05) is 53.1 Å². The Hall–Kier alpha value is -3.36. The Morgan fingerprint density at radius 1 is 0.967 bits per heavy atom. The lowest BCUT2D eigenvalue weighted by Gasteiger charge is -2.11. The van der Waals surface area contributed by atoms with Crippen LogP contribution in [0.4, 0.5) is 0 Å². The third kappa shape index (κ3) is 3.40. The summed E-state index contributed by atoms with van der Waals surface area (Å²) in [5, 5.41) is 20.0. The van der Waals surface area contributed by atoms with E-state index in [0.717, 1.165) is 20.2 Å². The Morgan fingerprint density at radius 3 is 2.57 bits per heavy atom. The van der Waals surface area contributed by atoms with Crippen LogP contribution in [0.3, 0.4) is 0 Å². The number of aromatic hydroxyl groups is 1. The smallest absolute Gasteiger partial charge is 0.203 e. The third-order valence-corrected chi connectivity index (χ3v) is 6.59. The number of phenols is 1. The molecule has 0 saturated heterocycles. The van der Waals surface area contributed by atoms with Gasteiger partial charge in [-0.25, -0.2) is 4.98 Å². The first-order valence-corrected chi connectivity index (χ1v) is 10.8. The summed E-state index contributed by atoms with van der Waals surface area (Å²) in [7, 11) is 1.59. The predicted octanol–water partition coefficient (Wildman–Crippen LogP) is 5.41. The molecule has 0 aliphatic carbocycles. The van der Waals surface area contributed by atoms with Crippen molar-refractivity contribution in [3.05, 3.63) is 72.8 Å². The van der Waals surface area contributed by atoms with E-state index >= 15 is 0 Å². The maximum atomic E-state index is 10.5. The maximum absolute atomic E-state index is 10.5. The largest absolute Gasteiger partial charge is 0.507 e. The van der Waals surface area contributed by atoms with E-state index in [4.69, 9.17) is 9.72 Å². The number of nitrogens with zero attached hydrogens (tertiary/aromatic N) is 4. The first-order valence-electron chi connectivity index (χ1n) is 9.14. The highest BCUT2D eigenvalue weighted by Crippen LogP contribution is 2.38. The maximum Gasteiger partial charge on any atom is 0.203 e. The van der Waals surface area contributed by atoms with E-state index in [-0.39, 0.29) is 5.75 Å². The van der Waals surface area contributed by atoms with Gasteiger partial charge in [-0.1, -0.05) is 30.3 Å². The zero-order chi connectivity index (χ0) is 20.5. The highest BCUT2D eigenvalue weighted by molar-refractivity contribution is 8.01. The minimum absolute atomic E-state index is 0.108. The van der Waals surface area contributed by atoms with Crippen molar-refractivity contribution in [1.82, 2.24) is 19.7 Å². The number of phenolic OH excluding ortho intramolecular Hbond substituents is 1. The predicted molar refractivity (Wildman–Crippen MR) is 119 cm³/mol. The monoisotopic (exact) mass is 432 g/mol. The standard InChI is InChI=1S/C22H16N4O2S2/c1-28-15-11-12-18(27)16(13-15)20-24-25-21(26(20)14-7-3-2-4-8-14)30-22-23-17-9-5-6-10-19(17)29-22/h2-13,27H,1H3. The van der Waals surface area contributed by atoms with Gasteiger partial charge in [-0.05, 0) is 54.2 Å². The number of hydrogen-bond donors (Lipinski definition) is 1. The number of hydrogen-bond acceptors (Lipinski definition) is 7. The second kappa shape index (κ2) is 7.81. The Kier molecular flexibility index (Phi) is 4.86. The highest BCUT2D eigenvalue weighted by Gasteiger charge is 2.20. The molecule has 0 unspecified atom stereocenters. The molecular weight excluding hydrogens is 416 g/mol. The topological polar surface area (TPSA) is 73.1 Å². The molecule has 5 aromatic rings. The van der Waals surface area contributed by atoms with Gasteiger partial charge >= 0.3 is 0 Å². The van der Waals surface area contributed by atoms with Crippen LogP contribution in [0.25, 0.3) is 27.3 Å².